The minimum atomic E-state index is -0.319. The van der Waals surface area contributed by atoms with Crippen LogP contribution in [-0.4, -0.2) is 63.8 Å². The fourth-order valence-electron chi connectivity index (χ4n) is 3.72. The maximum absolute atomic E-state index is 12.7. The summed E-state index contributed by atoms with van der Waals surface area (Å²) in [5.41, 5.74) is 2.62. The van der Waals surface area contributed by atoms with Crippen LogP contribution in [0, 0.1) is 0 Å². The van der Waals surface area contributed by atoms with Gasteiger partial charge in [-0.3, -0.25) is 14.5 Å². The van der Waals surface area contributed by atoms with Gasteiger partial charge in [0, 0.05) is 43.6 Å². The Hall–Kier alpha value is -2.75. The number of nitrogens with zero attached hydrogens (tertiary/aromatic N) is 5. The number of carbonyl (C=O) groups excluding carboxylic acids is 2. The van der Waals surface area contributed by atoms with Crippen molar-refractivity contribution < 1.29 is 9.59 Å². The van der Waals surface area contributed by atoms with E-state index in [0.717, 1.165) is 25.1 Å². The topological polar surface area (TPSA) is 83.4 Å². The number of thiophene rings is 1. The number of aromatic nitrogens is 3. The molecule has 8 nitrogen and oxygen atoms in total. The van der Waals surface area contributed by atoms with Crippen molar-refractivity contribution in [2.24, 2.45) is 0 Å². The molecule has 1 atom stereocenters. The first-order chi connectivity index (χ1) is 15.4. The van der Waals surface area contributed by atoms with Gasteiger partial charge in [-0.05, 0) is 41.1 Å². The van der Waals surface area contributed by atoms with Gasteiger partial charge in [-0.25, -0.2) is 4.68 Å². The average molecular weight is 473 g/mol. The minimum absolute atomic E-state index is 0.00497. The molecule has 0 radical (unpaired) electrons. The third-order valence-corrected chi connectivity index (χ3v) is 6.83. The van der Waals surface area contributed by atoms with Crippen LogP contribution in [0.2, 0.25) is 5.02 Å². The lowest BCUT2D eigenvalue weighted by Gasteiger charge is -2.35. The van der Waals surface area contributed by atoms with E-state index in [1.54, 1.807) is 25.4 Å². The van der Waals surface area contributed by atoms with Crippen molar-refractivity contribution >= 4 is 34.8 Å². The number of benzene rings is 1. The molecule has 0 bridgehead atoms. The van der Waals surface area contributed by atoms with Gasteiger partial charge in [0.05, 0.1) is 12.2 Å². The van der Waals surface area contributed by atoms with Gasteiger partial charge in [-0.1, -0.05) is 28.9 Å². The average Bonchev–Trinajstić information content (AvgIpc) is 3.44. The first-order valence-corrected chi connectivity index (χ1v) is 11.6. The predicted octanol–water partition coefficient (Wildman–Crippen LogP) is 2.61. The van der Waals surface area contributed by atoms with Gasteiger partial charge in [0.25, 0.3) is 5.91 Å². The van der Waals surface area contributed by atoms with Crippen LogP contribution in [0.5, 0.6) is 0 Å². The molecule has 1 aliphatic rings. The molecule has 0 saturated heterocycles. The van der Waals surface area contributed by atoms with Crippen molar-refractivity contribution in [2.45, 2.75) is 25.6 Å². The second kappa shape index (κ2) is 9.81. The highest BCUT2D eigenvalue weighted by Crippen LogP contribution is 2.30. The highest BCUT2D eigenvalue weighted by atomic mass is 35.5. The smallest absolute Gasteiger partial charge is 0.273 e. The van der Waals surface area contributed by atoms with Gasteiger partial charge in [-0.15, -0.1) is 16.4 Å². The maximum atomic E-state index is 12.7. The second-order valence-electron chi connectivity index (χ2n) is 7.96. The van der Waals surface area contributed by atoms with Crippen LogP contribution in [0.1, 0.15) is 32.5 Å². The molecule has 0 spiro atoms. The highest BCUT2D eigenvalue weighted by molar-refractivity contribution is 7.10. The van der Waals surface area contributed by atoms with Crippen LogP contribution >= 0.6 is 22.9 Å². The summed E-state index contributed by atoms with van der Waals surface area (Å²) in [6.45, 7) is 2.21. The molecule has 3 aromatic rings. The van der Waals surface area contributed by atoms with Gasteiger partial charge >= 0.3 is 0 Å². The molecule has 4 rings (SSSR count). The maximum Gasteiger partial charge on any atom is 0.273 e. The van der Waals surface area contributed by atoms with Gasteiger partial charge in [0.2, 0.25) is 5.91 Å². The summed E-state index contributed by atoms with van der Waals surface area (Å²) in [5, 5.41) is 13.6. The number of carbonyl (C=O) groups is 2. The Balaban J connectivity index is 1.46. The van der Waals surface area contributed by atoms with Crippen molar-refractivity contribution in [3.63, 3.8) is 0 Å². The van der Waals surface area contributed by atoms with Crippen LogP contribution in [-0.2, 0) is 24.3 Å². The van der Waals surface area contributed by atoms with Crippen LogP contribution < -0.4 is 5.32 Å². The monoisotopic (exact) mass is 472 g/mol. The molecular weight excluding hydrogens is 448 g/mol. The van der Waals surface area contributed by atoms with Gasteiger partial charge in [0.15, 0.2) is 5.69 Å². The van der Waals surface area contributed by atoms with Gasteiger partial charge < -0.3 is 10.2 Å². The number of likely N-dealkylation sites (N-methyl/N-ethyl adjacent to an activating group) is 1. The van der Waals surface area contributed by atoms with Crippen molar-refractivity contribution in [2.75, 3.05) is 27.2 Å². The van der Waals surface area contributed by atoms with E-state index in [1.165, 1.54) is 26.2 Å². The van der Waals surface area contributed by atoms with E-state index in [9.17, 15) is 9.59 Å². The number of halogens is 1. The minimum Gasteiger partial charge on any atom is -0.349 e. The molecule has 2 aromatic heterocycles. The Kier molecular flexibility index (Phi) is 6.88. The zero-order valence-corrected chi connectivity index (χ0v) is 19.6. The van der Waals surface area contributed by atoms with Gasteiger partial charge in [-0.2, -0.15) is 0 Å². The van der Waals surface area contributed by atoms with Crippen LogP contribution in [0.3, 0.4) is 0 Å². The Morgan fingerprint density at radius 1 is 1.25 bits per heavy atom. The molecule has 1 unspecified atom stereocenters. The Morgan fingerprint density at radius 3 is 2.78 bits per heavy atom. The summed E-state index contributed by atoms with van der Waals surface area (Å²) in [7, 11) is 3.34. The van der Waals surface area contributed by atoms with Gasteiger partial charge in [0.1, 0.15) is 6.54 Å². The molecule has 2 amide bonds. The Bertz CT molecular complexity index is 1090. The number of fused-ring (bicyclic) bond motifs is 1. The summed E-state index contributed by atoms with van der Waals surface area (Å²) < 4.78 is 1.37. The number of hydrogen-bond donors (Lipinski definition) is 1. The molecule has 1 aliphatic heterocycles. The molecule has 1 aromatic carbocycles. The lowest BCUT2D eigenvalue weighted by molar-refractivity contribution is -0.129. The molecule has 168 valence electrons. The Morgan fingerprint density at radius 2 is 2.03 bits per heavy atom. The summed E-state index contributed by atoms with van der Waals surface area (Å²) in [6, 6.07) is 9.93. The SMILES string of the molecule is CN(C)C(=O)Cn1cc(C(=O)NCC(c2ccc(Cl)cc2)N2CCc3sccc3C2)nn1. The van der Waals surface area contributed by atoms with E-state index >= 15 is 0 Å². The zero-order valence-electron chi connectivity index (χ0n) is 18.0. The van der Waals surface area contributed by atoms with Crippen molar-refractivity contribution in [3.8, 4) is 0 Å². The first kappa shape index (κ1) is 22.4. The lowest BCUT2D eigenvalue weighted by atomic mass is 10.0. The van der Waals surface area contributed by atoms with Crippen molar-refractivity contribution in [3.05, 3.63) is 68.6 Å². The highest BCUT2D eigenvalue weighted by Gasteiger charge is 2.26. The fourth-order valence-corrected chi connectivity index (χ4v) is 4.73. The predicted molar refractivity (Wildman–Crippen MR) is 124 cm³/mol. The quantitative estimate of drug-likeness (QED) is 0.571. The summed E-state index contributed by atoms with van der Waals surface area (Å²) >= 11 is 7.90. The van der Waals surface area contributed by atoms with E-state index in [1.807, 2.05) is 24.3 Å². The van der Waals surface area contributed by atoms with E-state index < -0.39 is 0 Å². The largest absolute Gasteiger partial charge is 0.349 e. The van der Waals surface area contributed by atoms with E-state index in [-0.39, 0.29) is 30.1 Å². The molecule has 10 heteroatoms. The molecule has 0 fully saturated rings. The van der Waals surface area contributed by atoms with Crippen molar-refractivity contribution in [1.29, 1.82) is 0 Å². The second-order valence-corrected chi connectivity index (χ2v) is 9.39. The third kappa shape index (κ3) is 5.17. The van der Waals surface area contributed by atoms with Crippen LogP contribution in [0.15, 0.2) is 41.9 Å². The van der Waals surface area contributed by atoms with Crippen molar-refractivity contribution in [1.82, 2.24) is 30.1 Å². The zero-order chi connectivity index (χ0) is 22.7. The van der Waals surface area contributed by atoms with Crippen LogP contribution in [0.25, 0.3) is 0 Å². The molecule has 0 saturated carbocycles. The summed E-state index contributed by atoms with van der Waals surface area (Å²) in [6.07, 6.45) is 2.49. The summed E-state index contributed by atoms with van der Waals surface area (Å²) in [4.78, 5) is 29.9. The van der Waals surface area contributed by atoms with E-state index in [2.05, 4.69) is 32.0 Å². The third-order valence-electron chi connectivity index (χ3n) is 5.56. The number of rotatable bonds is 7. The molecular formula is C22H25ClN6O2S. The molecule has 0 aliphatic carbocycles. The number of nitrogens with one attached hydrogen (secondary N) is 1. The van der Waals surface area contributed by atoms with Crippen LogP contribution in [0.4, 0.5) is 0 Å². The molecule has 3 heterocycles. The standard InChI is InChI=1S/C22H25ClN6O2S/c1-27(2)21(30)14-29-13-18(25-26-29)22(31)24-11-19(15-3-5-17(23)6-4-15)28-9-7-20-16(12-28)8-10-32-20/h3-6,8,10,13,19H,7,9,11-12,14H2,1-2H3,(H,24,31). The lowest BCUT2D eigenvalue weighted by Crippen LogP contribution is -2.40. The fraction of sp³-hybridized carbons (Fsp3) is 0.364. The Labute approximate surface area is 195 Å². The van der Waals surface area contributed by atoms with E-state index in [4.69, 9.17) is 11.6 Å². The normalized spacial score (nSPS) is 14.6. The first-order valence-electron chi connectivity index (χ1n) is 10.3. The molecule has 1 N–H and O–H groups in total. The number of amides is 2. The van der Waals surface area contributed by atoms with E-state index in [0.29, 0.717) is 11.6 Å². The summed E-state index contributed by atoms with van der Waals surface area (Å²) in [5.74, 6) is -0.441. The number of hydrogen-bond acceptors (Lipinski definition) is 6. The molecule has 32 heavy (non-hydrogen) atoms.